The fraction of sp³-hybridized carbons (Fsp3) is 0.0909. The number of rotatable bonds is 5. The number of methoxy groups -OCH3 is 1. The SMILES string of the molecule is COc1ccc2sc(N(Cc3ccccc3)C(=O)c3ccc(Cl)cc3Cl)nc2c1. The molecule has 0 fully saturated rings. The molecular weight excluding hydrogens is 427 g/mol. The molecule has 0 aliphatic heterocycles. The number of benzene rings is 3. The van der Waals surface area contributed by atoms with Crippen molar-refractivity contribution in [3.8, 4) is 5.75 Å². The molecule has 1 aromatic heterocycles. The van der Waals surface area contributed by atoms with E-state index in [-0.39, 0.29) is 5.91 Å². The molecule has 0 unspecified atom stereocenters. The highest BCUT2D eigenvalue weighted by molar-refractivity contribution is 7.22. The number of ether oxygens (including phenoxy) is 1. The maximum atomic E-state index is 13.4. The fourth-order valence-corrected chi connectivity index (χ4v) is 4.37. The van der Waals surface area contributed by atoms with Gasteiger partial charge in [-0.1, -0.05) is 64.9 Å². The Balaban J connectivity index is 1.78. The molecule has 4 rings (SSSR count). The van der Waals surface area contributed by atoms with E-state index in [0.717, 1.165) is 21.5 Å². The molecule has 4 nitrogen and oxygen atoms in total. The topological polar surface area (TPSA) is 42.4 Å². The van der Waals surface area contributed by atoms with Crippen LogP contribution in [0.25, 0.3) is 10.2 Å². The van der Waals surface area contributed by atoms with E-state index in [1.165, 1.54) is 11.3 Å². The molecule has 1 heterocycles. The Hall–Kier alpha value is -2.60. The van der Waals surface area contributed by atoms with Gasteiger partial charge in [-0.25, -0.2) is 4.98 Å². The number of hydrogen-bond donors (Lipinski definition) is 0. The third-order valence-electron chi connectivity index (χ3n) is 4.40. The number of nitrogens with zero attached hydrogens (tertiary/aromatic N) is 2. The molecule has 0 bridgehead atoms. The molecule has 7 heteroatoms. The van der Waals surface area contributed by atoms with Gasteiger partial charge in [0.25, 0.3) is 5.91 Å². The first-order chi connectivity index (χ1) is 14.0. The van der Waals surface area contributed by atoms with Crippen molar-refractivity contribution in [1.82, 2.24) is 4.98 Å². The Bertz CT molecular complexity index is 1180. The van der Waals surface area contributed by atoms with Crippen LogP contribution in [-0.4, -0.2) is 18.0 Å². The summed E-state index contributed by atoms with van der Waals surface area (Å²) in [5.41, 5.74) is 2.14. The second-order valence-corrected chi connectivity index (χ2v) is 8.18. The van der Waals surface area contributed by atoms with E-state index < -0.39 is 0 Å². The zero-order chi connectivity index (χ0) is 20.4. The van der Waals surface area contributed by atoms with Crippen LogP contribution >= 0.6 is 34.5 Å². The molecular formula is C22H16Cl2N2O2S. The first-order valence-corrected chi connectivity index (χ1v) is 10.4. The summed E-state index contributed by atoms with van der Waals surface area (Å²) in [7, 11) is 1.61. The van der Waals surface area contributed by atoms with E-state index in [4.69, 9.17) is 27.9 Å². The van der Waals surface area contributed by atoms with Crippen molar-refractivity contribution in [2.45, 2.75) is 6.54 Å². The Kier molecular flexibility index (Phi) is 5.72. The molecule has 3 aromatic carbocycles. The third-order valence-corrected chi connectivity index (χ3v) is 6.01. The summed E-state index contributed by atoms with van der Waals surface area (Å²) < 4.78 is 6.25. The minimum absolute atomic E-state index is 0.235. The maximum Gasteiger partial charge on any atom is 0.261 e. The lowest BCUT2D eigenvalue weighted by Gasteiger charge is -2.20. The molecule has 1 amide bonds. The summed E-state index contributed by atoms with van der Waals surface area (Å²) in [6, 6.07) is 20.3. The Morgan fingerprint density at radius 1 is 1.07 bits per heavy atom. The highest BCUT2D eigenvalue weighted by Gasteiger charge is 2.24. The second kappa shape index (κ2) is 8.41. The van der Waals surface area contributed by atoms with E-state index in [1.54, 1.807) is 30.2 Å². The van der Waals surface area contributed by atoms with Crippen molar-refractivity contribution >= 4 is 55.8 Å². The van der Waals surface area contributed by atoms with E-state index in [1.807, 2.05) is 48.5 Å². The zero-order valence-electron chi connectivity index (χ0n) is 15.4. The van der Waals surface area contributed by atoms with Crippen LogP contribution in [0.1, 0.15) is 15.9 Å². The lowest BCUT2D eigenvalue weighted by Crippen LogP contribution is -2.30. The maximum absolute atomic E-state index is 13.4. The molecule has 0 radical (unpaired) electrons. The summed E-state index contributed by atoms with van der Waals surface area (Å²) >= 11 is 13.8. The highest BCUT2D eigenvalue weighted by Crippen LogP contribution is 2.33. The third kappa shape index (κ3) is 4.22. The fourth-order valence-electron chi connectivity index (χ4n) is 2.94. The van der Waals surface area contributed by atoms with Crippen molar-refractivity contribution < 1.29 is 9.53 Å². The Labute approximate surface area is 182 Å². The van der Waals surface area contributed by atoms with Gasteiger partial charge in [0.1, 0.15) is 5.75 Å². The van der Waals surface area contributed by atoms with Crippen LogP contribution in [0.15, 0.2) is 66.7 Å². The molecule has 0 aliphatic carbocycles. The van der Waals surface area contributed by atoms with Gasteiger partial charge in [0.05, 0.1) is 34.5 Å². The largest absolute Gasteiger partial charge is 0.497 e. The summed E-state index contributed by atoms with van der Waals surface area (Å²) in [4.78, 5) is 19.7. The summed E-state index contributed by atoms with van der Waals surface area (Å²) in [5.74, 6) is 0.484. The van der Waals surface area contributed by atoms with Gasteiger partial charge in [0, 0.05) is 11.1 Å². The summed E-state index contributed by atoms with van der Waals surface area (Å²) in [6.07, 6.45) is 0. The molecule has 0 saturated carbocycles. The normalized spacial score (nSPS) is 10.9. The lowest BCUT2D eigenvalue weighted by atomic mass is 10.1. The van der Waals surface area contributed by atoms with Crippen LogP contribution in [0.4, 0.5) is 5.13 Å². The number of anilines is 1. The van der Waals surface area contributed by atoms with Gasteiger partial charge in [-0.15, -0.1) is 0 Å². The standard InChI is InChI=1S/C22H16Cl2N2O2S/c1-28-16-8-10-20-19(12-16)25-22(29-20)26(13-14-5-3-2-4-6-14)21(27)17-9-7-15(23)11-18(17)24/h2-12H,13H2,1H3. The van der Waals surface area contributed by atoms with Crippen LogP contribution in [-0.2, 0) is 6.54 Å². The first kappa shape index (κ1) is 19.7. The number of carbonyl (C=O) groups excluding carboxylic acids is 1. The van der Waals surface area contributed by atoms with Crippen LogP contribution < -0.4 is 9.64 Å². The van der Waals surface area contributed by atoms with E-state index in [2.05, 4.69) is 4.98 Å². The average Bonchev–Trinajstić information content (AvgIpc) is 3.15. The predicted octanol–water partition coefficient (Wildman–Crippen LogP) is 6.46. The van der Waals surface area contributed by atoms with Crippen LogP contribution in [0.5, 0.6) is 5.75 Å². The van der Waals surface area contributed by atoms with Crippen molar-refractivity contribution in [3.63, 3.8) is 0 Å². The molecule has 0 N–H and O–H groups in total. The number of amides is 1. The van der Waals surface area contributed by atoms with Crippen molar-refractivity contribution in [2.24, 2.45) is 0 Å². The highest BCUT2D eigenvalue weighted by atomic mass is 35.5. The van der Waals surface area contributed by atoms with E-state index in [0.29, 0.717) is 27.3 Å². The van der Waals surface area contributed by atoms with Crippen molar-refractivity contribution in [3.05, 3.63) is 87.9 Å². The molecule has 4 aromatic rings. The number of carbonyl (C=O) groups is 1. The van der Waals surface area contributed by atoms with E-state index in [9.17, 15) is 4.79 Å². The molecule has 0 aliphatic rings. The summed E-state index contributed by atoms with van der Waals surface area (Å²) in [6.45, 7) is 0.371. The number of hydrogen-bond acceptors (Lipinski definition) is 4. The Morgan fingerprint density at radius 2 is 1.86 bits per heavy atom. The van der Waals surface area contributed by atoms with Gasteiger partial charge in [-0.2, -0.15) is 0 Å². The van der Waals surface area contributed by atoms with Crippen molar-refractivity contribution in [1.29, 1.82) is 0 Å². The van der Waals surface area contributed by atoms with Crippen molar-refractivity contribution in [2.75, 3.05) is 12.0 Å². The molecule has 29 heavy (non-hydrogen) atoms. The minimum Gasteiger partial charge on any atom is -0.497 e. The minimum atomic E-state index is -0.235. The number of thiazole rings is 1. The van der Waals surface area contributed by atoms with E-state index >= 15 is 0 Å². The molecule has 146 valence electrons. The zero-order valence-corrected chi connectivity index (χ0v) is 17.8. The van der Waals surface area contributed by atoms with Crippen LogP contribution in [0, 0.1) is 0 Å². The lowest BCUT2D eigenvalue weighted by molar-refractivity contribution is 0.0985. The second-order valence-electron chi connectivity index (χ2n) is 6.33. The predicted molar refractivity (Wildman–Crippen MR) is 120 cm³/mol. The van der Waals surface area contributed by atoms with Gasteiger partial charge >= 0.3 is 0 Å². The number of aromatic nitrogens is 1. The van der Waals surface area contributed by atoms with Gasteiger partial charge in [0.15, 0.2) is 5.13 Å². The average molecular weight is 443 g/mol. The smallest absolute Gasteiger partial charge is 0.261 e. The van der Waals surface area contributed by atoms with Gasteiger partial charge in [-0.3, -0.25) is 9.69 Å². The first-order valence-electron chi connectivity index (χ1n) is 8.80. The van der Waals surface area contributed by atoms with Gasteiger partial charge in [0.2, 0.25) is 0 Å². The molecule has 0 atom stereocenters. The molecule has 0 spiro atoms. The Morgan fingerprint density at radius 3 is 2.59 bits per heavy atom. The van der Waals surface area contributed by atoms with Crippen LogP contribution in [0.3, 0.4) is 0 Å². The summed E-state index contributed by atoms with van der Waals surface area (Å²) in [5, 5.41) is 1.38. The number of fused-ring (bicyclic) bond motifs is 1. The van der Waals surface area contributed by atoms with Crippen LogP contribution in [0.2, 0.25) is 10.0 Å². The quantitative estimate of drug-likeness (QED) is 0.356. The monoisotopic (exact) mass is 442 g/mol. The number of halogens is 2. The van der Waals surface area contributed by atoms with Gasteiger partial charge < -0.3 is 4.74 Å². The molecule has 0 saturated heterocycles. The van der Waals surface area contributed by atoms with Gasteiger partial charge in [-0.05, 0) is 35.9 Å².